The highest BCUT2D eigenvalue weighted by molar-refractivity contribution is 5.97. The maximum Gasteiger partial charge on any atom is 0.317 e. The Labute approximate surface area is 177 Å². The summed E-state index contributed by atoms with van der Waals surface area (Å²) in [6.45, 7) is 8.92. The fourth-order valence-electron chi connectivity index (χ4n) is 5.97. The van der Waals surface area contributed by atoms with Crippen LogP contribution in [0, 0.1) is 47.3 Å². The third-order valence-corrected chi connectivity index (χ3v) is 7.37. The van der Waals surface area contributed by atoms with Gasteiger partial charge in [0.25, 0.3) is 0 Å². The van der Waals surface area contributed by atoms with Gasteiger partial charge in [0.15, 0.2) is 0 Å². The summed E-state index contributed by atoms with van der Waals surface area (Å²) in [5.41, 5.74) is -0.730. The van der Waals surface area contributed by atoms with E-state index in [9.17, 15) is 24.3 Å². The first kappa shape index (κ1) is 22.8. The van der Waals surface area contributed by atoms with E-state index in [0.29, 0.717) is 17.8 Å². The summed E-state index contributed by atoms with van der Waals surface area (Å²) in [6, 6.07) is 0. The van der Waals surface area contributed by atoms with E-state index in [-0.39, 0.29) is 18.8 Å². The molecular formula is C23H34O7. The number of hydrogen-bond donors (Lipinski definition) is 1. The zero-order valence-electron chi connectivity index (χ0n) is 18.6. The Morgan fingerprint density at radius 1 is 1.17 bits per heavy atom. The second kappa shape index (κ2) is 8.31. The Morgan fingerprint density at radius 3 is 2.33 bits per heavy atom. The van der Waals surface area contributed by atoms with E-state index in [2.05, 4.69) is 6.92 Å². The van der Waals surface area contributed by atoms with Crippen molar-refractivity contribution < 1.29 is 33.8 Å². The van der Waals surface area contributed by atoms with E-state index in [1.165, 1.54) is 13.3 Å². The summed E-state index contributed by atoms with van der Waals surface area (Å²) in [7, 11) is 0. The van der Waals surface area contributed by atoms with Crippen LogP contribution in [0.15, 0.2) is 0 Å². The van der Waals surface area contributed by atoms with Gasteiger partial charge in [0, 0.05) is 0 Å². The molecule has 1 N–H and O–H groups in total. The van der Waals surface area contributed by atoms with Crippen molar-refractivity contribution in [2.75, 3.05) is 0 Å². The van der Waals surface area contributed by atoms with E-state index >= 15 is 0 Å². The van der Waals surface area contributed by atoms with Crippen LogP contribution >= 0.6 is 0 Å². The number of rotatable bonds is 7. The molecule has 0 aromatic carbocycles. The number of ether oxygens (including phenoxy) is 2. The number of cyclic esters (lactones) is 2. The molecule has 0 amide bonds. The van der Waals surface area contributed by atoms with Crippen LogP contribution < -0.4 is 0 Å². The van der Waals surface area contributed by atoms with Gasteiger partial charge >= 0.3 is 23.9 Å². The molecule has 1 saturated heterocycles. The van der Waals surface area contributed by atoms with Crippen molar-refractivity contribution in [1.82, 2.24) is 0 Å². The molecule has 3 aliphatic rings. The van der Waals surface area contributed by atoms with Gasteiger partial charge < -0.3 is 14.6 Å². The molecule has 2 aliphatic carbocycles. The number of hydrogen-bond acceptors (Lipinski definition) is 6. The standard InChI is InChI=1S/C23H34O7/c1-11(19(24)25)8-15(20(26)30-23(3,4)5)10-16-18(22(28)29-21(16)27)17-12(2)13-6-7-14(17)9-13/h11-18H,6-10H2,1-5H3,(H,24,25). The third kappa shape index (κ3) is 4.54. The van der Waals surface area contributed by atoms with Gasteiger partial charge in [0.1, 0.15) is 5.60 Å². The minimum Gasteiger partial charge on any atom is -0.481 e. The smallest absolute Gasteiger partial charge is 0.317 e. The summed E-state index contributed by atoms with van der Waals surface area (Å²) in [4.78, 5) is 49.5. The first-order chi connectivity index (χ1) is 13.9. The molecule has 0 aromatic rings. The largest absolute Gasteiger partial charge is 0.481 e. The second-order valence-electron chi connectivity index (χ2n) is 10.6. The summed E-state index contributed by atoms with van der Waals surface area (Å²) in [6.07, 6.45) is 3.46. The quantitative estimate of drug-likeness (QED) is 0.495. The monoisotopic (exact) mass is 422 g/mol. The zero-order valence-corrected chi connectivity index (χ0v) is 18.6. The number of carbonyl (C=O) groups is 4. The lowest BCUT2D eigenvalue weighted by Gasteiger charge is -2.34. The Kier molecular flexibility index (Phi) is 6.30. The first-order valence-corrected chi connectivity index (χ1v) is 11.1. The number of carboxylic acids is 1. The summed E-state index contributed by atoms with van der Waals surface area (Å²) in [5, 5.41) is 9.33. The van der Waals surface area contributed by atoms with Crippen molar-refractivity contribution in [3.05, 3.63) is 0 Å². The van der Waals surface area contributed by atoms with Gasteiger partial charge in [-0.3, -0.25) is 19.2 Å². The predicted octanol–water partition coefficient (Wildman–Crippen LogP) is 3.44. The molecule has 0 radical (unpaired) electrons. The molecule has 8 atom stereocenters. The first-order valence-electron chi connectivity index (χ1n) is 11.1. The Bertz CT molecular complexity index is 720. The summed E-state index contributed by atoms with van der Waals surface area (Å²) in [5.74, 6) is -4.00. The van der Waals surface area contributed by atoms with Gasteiger partial charge in [-0.1, -0.05) is 13.8 Å². The van der Waals surface area contributed by atoms with Gasteiger partial charge in [-0.25, -0.2) is 0 Å². The van der Waals surface area contributed by atoms with Crippen LogP contribution in [0.2, 0.25) is 0 Å². The lowest BCUT2D eigenvalue weighted by Crippen LogP contribution is -2.37. The molecular weight excluding hydrogens is 388 g/mol. The molecule has 1 heterocycles. The summed E-state index contributed by atoms with van der Waals surface area (Å²) < 4.78 is 10.6. The maximum absolute atomic E-state index is 12.9. The molecule has 8 unspecified atom stereocenters. The molecule has 0 spiro atoms. The Morgan fingerprint density at radius 2 is 1.80 bits per heavy atom. The molecule has 3 fully saturated rings. The fourth-order valence-corrected chi connectivity index (χ4v) is 5.97. The lowest BCUT2D eigenvalue weighted by atomic mass is 9.68. The molecule has 168 valence electrons. The molecule has 2 saturated carbocycles. The number of carbonyl (C=O) groups excluding carboxylic acids is 3. The molecule has 7 heteroatoms. The molecule has 1 aliphatic heterocycles. The Hall–Kier alpha value is -1.92. The SMILES string of the molecule is CC(CC(CC1C(=O)OC(=O)C1C1C2CCC(C2)C1C)C(=O)OC(C)(C)C)C(=O)O. The van der Waals surface area contributed by atoms with Crippen LogP contribution in [-0.4, -0.2) is 34.6 Å². The summed E-state index contributed by atoms with van der Waals surface area (Å²) >= 11 is 0. The van der Waals surface area contributed by atoms with Crippen molar-refractivity contribution in [2.45, 2.75) is 72.3 Å². The van der Waals surface area contributed by atoms with E-state index < -0.39 is 53.1 Å². The van der Waals surface area contributed by atoms with Gasteiger partial charge in [0.2, 0.25) is 0 Å². The Balaban J connectivity index is 1.83. The van der Waals surface area contributed by atoms with E-state index in [0.717, 1.165) is 12.8 Å². The van der Waals surface area contributed by atoms with Crippen LogP contribution in [0.3, 0.4) is 0 Å². The van der Waals surface area contributed by atoms with Gasteiger partial charge in [0.05, 0.1) is 23.7 Å². The molecule has 0 aromatic heterocycles. The van der Waals surface area contributed by atoms with Crippen LogP contribution in [-0.2, 0) is 28.7 Å². The average molecular weight is 423 g/mol. The number of aliphatic carboxylic acids is 1. The van der Waals surface area contributed by atoms with Crippen LogP contribution in [0.5, 0.6) is 0 Å². The van der Waals surface area contributed by atoms with Gasteiger partial charge in [-0.05, 0) is 76.5 Å². The van der Waals surface area contributed by atoms with Gasteiger partial charge in [-0.15, -0.1) is 0 Å². The van der Waals surface area contributed by atoms with Gasteiger partial charge in [-0.2, -0.15) is 0 Å². The topological polar surface area (TPSA) is 107 Å². The maximum atomic E-state index is 12.9. The van der Waals surface area contributed by atoms with Crippen LogP contribution in [0.4, 0.5) is 0 Å². The fraction of sp³-hybridized carbons (Fsp3) is 0.826. The van der Waals surface area contributed by atoms with Crippen molar-refractivity contribution in [2.24, 2.45) is 47.3 Å². The molecule has 2 bridgehead atoms. The van der Waals surface area contributed by atoms with Crippen LogP contribution in [0.25, 0.3) is 0 Å². The zero-order chi connectivity index (χ0) is 22.4. The number of carboxylic acid groups (broad SMARTS) is 1. The highest BCUT2D eigenvalue weighted by atomic mass is 16.6. The number of esters is 3. The van der Waals surface area contributed by atoms with Crippen molar-refractivity contribution in [3.8, 4) is 0 Å². The minimum absolute atomic E-state index is 0.0568. The molecule has 30 heavy (non-hydrogen) atoms. The van der Waals surface area contributed by atoms with E-state index in [1.54, 1.807) is 20.8 Å². The highest BCUT2D eigenvalue weighted by Crippen LogP contribution is 2.57. The van der Waals surface area contributed by atoms with Crippen molar-refractivity contribution >= 4 is 23.9 Å². The lowest BCUT2D eigenvalue weighted by molar-refractivity contribution is -0.162. The van der Waals surface area contributed by atoms with E-state index in [4.69, 9.17) is 9.47 Å². The molecule has 3 rings (SSSR count). The van der Waals surface area contributed by atoms with E-state index in [1.807, 2.05) is 0 Å². The minimum atomic E-state index is -1.01. The van der Waals surface area contributed by atoms with Crippen molar-refractivity contribution in [3.63, 3.8) is 0 Å². The normalized spacial score (nSPS) is 35.2. The van der Waals surface area contributed by atoms with Crippen molar-refractivity contribution in [1.29, 1.82) is 0 Å². The highest BCUT2D eigenvalue weighted by Gasteiger charge is 2.57. The second-order valence-corrected chi connectivity index (χ2v) is 10.6. The molecule has 7 nitrogen and oxygen atoms in total. The predicted molar refractivity (Wildman–Crippen MR) is 107 cm³/mol. The third-order valence-electron chi connectivity index (χ3n) is 7.37. The average Bonchev–Trinajstić information content (AvgIpc) is 3.27. The van der Waals surface area contributed by atoms with Crippen LogP contribution in [0.1, 0.15) is 66.7 Å². The number of fused-ring (bicyclic) bond motifs is 2.